The molecule has 1 aliphatic rings. The number of nitrogens with zero attached hydrogens (tertiary/aromatic N) is 1. The number of hydrogen-bond donors (Lipinski definition) is 2. The van der Waals surface area contributed by atoms with Crippen molar-refractivity contribution < 1.29 is 9.21 Å². The van der Waals surface area contributed by atoms with Crippen LogP contribution >= 0.6 is 23.1 Å². The number of rotatable bonds is 6. The van der Waals surface area contributed by atoms with Crippen LogP contribution in [-0.4, -0.2) is 24.0 Å². The molecule has 0 radical (unpaired) electrons. The third-order valence-corrected chi connectivity index (χ3v) is 6.71. The monoisotopic (exact) mass is 399 g/mol. The molecule has 2 N–H and O–H groups in total. The number of thioether (sulfide) groups is 1. The fraction of sp³-hybridized carbons (Fsp3) is 0.300. The number of aromatic nitrogens is 1. The van der Waals surface area contributed by atoms with Crippen LogP contribution in [0.2, 0.25) is 0 Å². The van der Waals surface area contributed by atoms with E-state index in [9.17, 15) is 4.79 Å². The van der Waals surface area contributed by atoms with Crippen LogP contribution in [0.3, 0.4) is 0 Å². The lowest BCUT2D eigenvalue weighted by Gasteiger charge is -2.20. The quantitative estimate of drug-likeness (QED) is 0.586. The van der Waals surface area contributed by atoms with Gasteiger partial charge in [0.05, 0.1) is 6.26 Å². The highest BCUT2D eigenvalue weighted by molar-refractivity contribution is 7.98. The Balaban J connectivity index is 1.39. The van der Waals surface area contributed by atoms with Gasteiger partial charge >= 0.3 is 0 Å². The minimum atomic E-state index is -0.241. The lowest BCUT2D eigenvalue weighted by atomic mass is 9.97. The van der Waals surface area contributed by atoms with E-state index >= 15 is 0 Å². The van der Waals surface area contributed by atoms with Crippen LogP contribution in [0.15, 0.2) is 58.2 Å². The van der Waals surface area contributed by atoms with Crippen molar-refractivity contribution in [3.63, 3.8) is 0 Å². The molecule has 4 rings (SSSR count). The first kappa shape index (κ1) is 18.3. The van der Waals surface area contributed by atoms with Gasteiger partial charge in [-0.2, -0.15) is 0 Å². The van der Waals surface area contributed by atoms with Crippen molar-refractivity contribution in [3.05, 3.63) is 65.1 Å². The minimum absolute atomic E-state index is 0.241. The lowest BCUT2D eigenvalue weighted by molar-refractivity contribution is 0.0995. The summed E-state index contributed by atoms with van der Waals surface area (Å²) >= 11 is 3.24. The standard InChI is InChI=1S/C20H21N3O2S2/c24-19(23-20-22-12-17(27-20)14-6-9-21-10-7-14)18-15(8-11-25-18)13-26-16-4-2-1-3-5-16/h1-5,8,11-12,14,21H,6-7,9-10,13H2,(H,22,23,24). The molecule has 5 nitrogen and oxygen atoms in total. The van der Waals surface area contributed by atoms with Crippen molar-refractivity contribution in [3.8, 4) is 0 Å². The van der Waals surface area contributed by atoms with Crippen LogP contribution in [0.25, 0.3) is 0 Å². The number of carbonyl (C=O) groups is 1. The molecule has 7 heteroatoms. The molecule has 1 fully saturated rings. The largest absolute Gasteiger partial charge is 0.459 e. The number of furan rings is 1. The van der Waals surface area contributed by atoms with Crippen LogP contribution in [0.5, 0.6) is 0 Å². The van der Waals surface area contributed by atoms with Gasteiger partial charge in [-0.1, -0.05) is 18.2 Å². The molecule has 27 heavy (non-hydrogen) atoms. The van der Waals surface area contributed by atoms with Gasteiger partial charge in [-0.25, -0.2) is 4.98 Å². The zero-order valence-corrected chi connectivity index (χ0v) is 16.4. The zero-order valence-electron chi connectivity index (χ0n) is 14.8. The molecule has 0 atom stereocenters. The number of carbonyl (C=O) groups excluding carboxylic acids is 1. The predicted octanol–water partition coefficient (Wildman–Crippen LogP) is 4.75. The van der Waals surface area contributed by atoms with E-state index < -0.39 is 0 Å². The molecule has 1 aliphatic heterocycles. The van der Waals surface area contributed by atoms with Crippen molar-refractivity contribution >= 4 is 34.1 Å². The molecule has 140 valence electrons. The summed E-state index contributed by atoms with van der Waals surface area (Å²) in [6.07, 6.45) is 5.70. The molecule has 1 amide bonds. The third kappa shape index (κ3) is 4.61. The van der Waals surface area contributed by atoms with E-state index in [1.807, 2.05) is 30.5 Å². The highest BCUT2D eigenvalue weighted by Crippen LogP contribution is 2.32. The first-order chi connectivity index (χ1) is 13.3. The summed E-state index contributed by atoms with van der Waals surface area (Å²) in [6.45, 7) is 2.08. The van der Waals surface area contributed by atoms with E-state index in [-0.39, 0.29) is 5.91 Å². The van der Waals surface area contributed by atoms with Crippen molar-refractivity contribution in [2.45, 2.75) is 29.4 Å². The molecule has 0 spiro atoms. The summed E-state index contributed by atoms with van der Waals surface area (Å²) in [5.41, 5.74) is 0.886. The van der Waals surface area contributed by atoms with E-state index in [2.05, 4.69) is 27.8 Å². The molecule has 0 aliphatic carbocycles. The average Bonchev–Trinajstić information content (AvgIpc) is 3.37. The fourth-order valence-electron chi connectivity index (χ4n) is 3.12. The Labute approximate surface area is 166 Å². The van der Waals surface area contributed by atoms with Gasteiger partial charge < -0.3 is 9.73 Å². The molecular weight excluding hydrogens is 378 g/mol. The minimum Gasteiger partial charge on any atom is -0.459 e. The van der Waals surface area contributed by atoms with Gasteiger partial charge in [0.15, 0.2) is 10.9 Å². The third-order valence-electron chi connectivity index (χ3n) is 4.58. The maximum atomic E-state index is 12.6. The number of nitrogens with one attached hydrogen (secondary N) is 2. The van der Waals surface area contributed by atoms with Crippen molar-refractivity contribution in [2.75, 3.05) is 18.4 Å². The smallest absolute Gasteiger partial charge is 0.293 e. The molecular formula is C20H21N3O2S2. The normalized spacial score (nSPS) is 15.0. The van der Waals surface area contributed by atoms with Crippen molar-refractivity contribution in [2.24, 2.45) is 0 Å². The van der Waals surface area contributed by atoms with Crippen LogP contribution in [-0.2, 0) is 5.75 Å². The molecule has 0 bridgehead atoms. The first-order valence-electron chi connectivity index (χ1n) is 9.01. The molecule has 3 aromatic rings. The van der Waals surface area contributed by atoms with E-state index in [1.165, 1.54) is 4.88 Å². The zero-order chi connectivity index (χ0) is 18.5. The van der Waals surface area contributed by atoms with Gasteiger partial charge in [-0.15, -0.1) is 23.1 Å². The summed E-state index contributed by atoms with van der Waals surface area (Å²) in [4.78, 5) is 19.4. The number of anilines is 1. The number of piperidine rings is 1. The average molecular weight is 400 g/mol. The Morgan fingerprint density at radius 2 is 2.07 bits per heavy atom. The van der Waals surface area contributed by atoms with Gasteiger partial charge in [-0.3, -0.25) is 10.1 Å². The molecule has 1 aromatic carbocycles. The Kier molecular flexibility index (Phi) is 5.91. The van der Waals surface area contributed by atoms with E-state index in [0.717, 1.165) is 36.4 Å². The lowest BCUT2D eigenvalue weighted by Crippen LogP contribution is -2.26. The van der Waals surface area contributed by atoms with Crippen LogP contribution < -0.4 is 10.6 Å². The first-order valence-corrected chi connectivity index (χ1v) is 10.8. The summed E-state index contributed by atoms with van der Waals surface area (Å²) < 4.78 is 5.45. The highest BCUT2D eigenvalue weighted by Gasteiger charge is 2.20. The number of hydrogen-bond acceptors (Lipinski definition) is 6. The number of thiazole rings is 1. The number of benzene rings is 1. The molecule has 2 aromatic heterocycles. The van der Waals surface area contributed by atoms with Gasteiger partial charge in [0.1, 0.15) is 0 Å². The second kappa shape index (κ2) is 8.73. The van der Waals surface area contributed by atoms with Crippen molar-refractivity contribution in [1.82, 2.24) is 10.3 Å². The summed E-state index contributed by atoms with van der Waals surface area (Å²) in [5, 5.41) is 6.90. The van der Waals surface area contributed by atoms with Crippen LogP contribution in [0, 0.1) is 0 Å². The second-order valence-corrected chi connectivity index (χ2v) is 8.53. The van der Waals surface area contributed by atoms with Gasteiger partial charge in [0.25, 0.3) is 5.91 Å². The van der Waals surface area contributed by atoms with Crippen molar-refractivity contribution in [1.29, 1.82) is 0 Å². The van der Waals surface area contributed by atoms with Gasteiger partial charge in [-0.05, 0) is 50.0 Å². The van der Waals surface area contributed by atoms with E-state index in [1.54, 1.807) is 29.4 Å². The SMILES string of the molecule is O=C(Nc1ncc(C2CCNCC2)s1)c1occc1CSc1ccccc1. The maximum Gasteiger partial charge on any atom is 0.293 e. The molecule has 3 heterocycles. The summed E-state index contributed by atoms with van der Waals surface area (Å²) in [6, 6.07) is 12.0. The Bertz CT molecular complexity index is 886. The Hall–Kier alpha value is -2.09. The molecule has 1 saturated heterocycles. The van der Waals surface area contributed by atoms with Crippen LogP contribution in [0.4, 0.5) is 5.13 Å². The Morgan fingerprint density at radius 1 is 1.26 bits per heavy atom. The summed E-state index contributed by atoms with van der Waals surface area (Å²) in [7, 11) is 0. The summed E-state index contributed by atoms with van der Waals surface area (Å²) in [5.74, 6) is 1.34. The predicted molar refractivity (Wildman–Crippen MR) is 110 cm³/mol. The van der Waals surface area contributed by atoms with Crippen LogP contribution in [0.1, 0.15) is 39.8 Å². The topological polar surface area (TPSA) is 67.2 Å². The van der Waals surface area contributed by atoms with Gasteiger partial charge in [0, 0.05) is 27.3 Å². The maximum absolute atomic E-state index is 12.6. The van der Waals surface area contributed by atoms with E-state index in [0.29, 0.717) is 22.6 Å². The fourth-order valence-corrected chi connectivity index (χ4v) is 5.00. The second-order valence-electron chi connectivity index (χ2n) is 6.42. The molecule has 0 unspecified atom stereocenters. The van der Waals surface area contributed by atoms with Gasteiger partial charge in [0.2, 0.25) is 0 Å². The highest BCUT2D eigenvalue weighted by atomic mass is 32.2. The number of amides is 1. The molecule has 0 saturated carbocycles. The Morgan fingerprint density at radius 3 is 2.89 bits per heavy atom. The van der Waals surface area contributed by atoms with E-state index in [4.69, 9.17) is 4.42 Å².